The van der Waals surface area contributed by atoms with Gasteiger partial charge in [-0.3, -0.25) is 0 Å². The molecule has 0 amide bonds. The third-order valence-electron chi connectivity index (χ3n) is 2.16. The minimum absolute atomic E-state index is 0.457. The number of hydrogen-bond acceptors (Lipinski definition) is 1. The first-order valence-corrected chi connectivity index (χ1v) is 12.2. The normalized spacial score (nSPS) is 29.7. The lowest BCUT2D eigenvalue weighted by Gasteiger charge is -2.11. The third-order valence-corrected chi connectivity index (χ3v) is 5.53. The highest BCUT2D eigenvalue weighted by atomic mass is 28.3. The molecule has 1 nitrogen and oxygen atoms in total. The molecule has 0 aromatic carbocycles. The molecule has 0 bridgehead atoms. The Balaban J connectivity index is 2.41. The summed E-state index contributed by atoms with van der Waals surface area (Å²) in [6.45, 7) is 14.2. The van der Waals surface area contributed by atoms with E-state index in [0.29, 0.717) is 11.8 Å². The molecule has 1 rings (SSSR count). The predicted molar refractivity (Wildman–Crippen MR) is 64.5 cm³/mol. The summed E-state index contributed by atoms with van der Waals surface area (Å²) in [5, 5.41) is 0. The average Bonchev–Trinajstić information content (AvgIpc) is 2.57. The fourth-order valence-electron chi connectivity index (χ4n) is 1.35. The van der Waals surface area contributed by atoms with Crippen LogP contribution in [0.1, 0.15) is 0 Å². The van der Waals surface area contributed by atoms with Gasteiger partial charge in [-0.05, 0) is 0 Å². The Morgan fingerprint density at radius 2 is 1.54 bits per heavy atom. The van der Waals surface area contributed by atoms with E-state index in [-0.39, 0.29) is 0 Å². The summed E-state index contributed by atoms with van der Waals surface area (Å²) >= 11 is 0. The SMILES string of the molecule is C[Si](C)(C)/C=C/[C@H]1O[C@@H]1[Si](C)(C)C. The summed E-state index contributed by atoms with van der Waals surface area (Å²) in [4.78, 5) is 0. The van der Waals surface area contributed by atoms with Crippen molar-refractivity contribution in [3.8, 4) is 0 Å². The minimum atomic E-state index is -1.04. The molecule has 0 aromatic rings. The summed E-state index contributed by atoms with van der Waals surface area (Å²) in [5.41, 5.74) is 2.98. The summed E-state index contributed by atoms with van der Waals surface area (Å²) in [6, 6.07) is 0. The van der Waals surface area contributed by atoms with Crippen molar-refractivity contribution in [1.82, 2.24) is 0 Å². The standard InChI is InChI=1S/C10H22OSi2/c1-12(2,3)8-7-9-10(11-9)13(4,5)6/h7-10H,1-6H3/b8-7+/t9-,10-/m1/s1. The van der Waals surface area contributed by atoms with Crippen molar-refractivity contribution in [2.45, 2.75) is 51.1 Å². The van der Waals surface area contributed by atoms with Crippen molar-refractivity contribution in [3.63, 3.8) is 0 Å². The van der Waals surface area contributed by atoms with Crippen molar-refractivity contribution >= 4 is 16.1 Å². The Morgan fingerprint density at radius 1 is 1.00 bits per heavy atom. The summed E-state index contributed by atoms with van der Waals surface area (Å²) < 4.78 is 5.67. The van der Waals surface area contributed by atoms with Gasteiger partial charge in [0.25, 0.3) is 0 Å². The Bertz CT molecular complexity index is 210. The number of hydrogen-bond donors (Lipinski definition) is 0. The zero-order chi connectivity index (χ0) is 10.3. The highest BCUT2D eigenvalue weighted by Crippen LogP contribution is 2.32. The second-order valence-corrected chi connectivity index (χ2v) is 16.5. The topological polar surface area (TPSA) is 12.5 Å². The van der Waals surface area contributed by atoms with Crippen molar-refractivity contribution < 1.29 is 4.74 Å². The summed E-state index contributed by atoms with van der Waals surface area (Å²) in [6.07, 6.45) is 2.76. The molecule has 0 aliphatic carbocycles. The molecule has 3 heteroatoms. The fourth-order valence-corrected chi connectivity index (χ4v) is 3.78. The van der Waals surface area contributed by atoms with E-state index < -0.39 is 16.1 Å². The maximum absolute atomic E-state index is 5.67. The number of epoxide rings is 1. The van der Waals surface area contributed by atoms with E-state index in [0.717, 1.165) is 0 Å². The zero-order valence-electron chi connectivity index (χ0n) is 9.72. The Morgan fingerprint density at radius 3 is 1.85 bits per heavy atom. The molecule has 1 aliphatic rings. The predicted octanol–water partition coefficient (Wildman–Crippen LogP) is 3.06. The van der Waals surface area contributed by atoms with E-state index in [4.69, 9.17) is 4.74 Å². The minimum Gasteiger partial charge on any atom is -0.369 e. The van der Waals surface area contributed by atoms with Crippen molar-refractivity contribution in [2.24, 2.45) is 0 Å². The Kier molecular flexibility index (Phi) is 2.90. The lowest BCUT2D eigenvalue weighted by Crippen LogP contribution is -2.30. The van der Waals surface area contributed by atoms with Crippen LogP contribution in [-0.4, -0.2) is 28.0 Å². The van der Waals surface area contributed by atoms with Crippen LogP contribution in [0.2, 0.25) is 39.3 Å². The molecule has 1 heterocycles. The van der Waals surface area contributed by atoms with Gasteiger partial charge in [-0.1, -0.05) is 51.1 Å². The van der Waals surface area contributed by atoms with Crippen LogP contribution < -0.4 is 0 Å². The van der Waals surface area contributed by atoms with Gasteiger partial charge in [0.15, 0.2) is 0 Å². The van der Waals surface area contributed by atoms with Gasteiger partial charge < -0.3 is 4.74 Å². The van der Waals surface area contributed by atoms with Gasteiger partial charge in [-0.25, -0.2) is 0 Å². The van der Waals surface area contributed by atoms with E-state index in [9.17, 15) is 0 Å². The van der Waals surface area contributed by atoms with Crippen LogP contribution >= 0.6 is 0 Å². The monoisotopic (exact) mass is 214 g/mol. The number of rotatable bonds is 3. The molecule has 0 N–H and O–H groups in total. The van der Waals surface area contributed by atoms with Gasteiger partial charge in [-0.15, -0.1) is 0 Å². The molecule has 0 spiro atoms. The van der Waals surface area contributed by atoms with E-state index in [1.807, 2.05) is 0 Å². The largest absolute Gasteiger partial charge is 0.369 e. The molecule has 0 unspecified atom stereocenters. The Labute approximate surface area is 84.2 Å². The second kappa shape index (κ2) is 3.37. The van der Waals surface area contributed by atoms with Crippen LogP contribution in [0.3, 0.4) is 0 Å². The molecule has 1 fully saturated rings. The van der Waals surface area contributed by atoms with Gasteiger partial charge in [0.1, 0.15) is 0 Å². The van der Waals surface area contributed by atoms with E-state index in [1.165, 1.54) is 0 Å². The molecule has 0 radical (unpaired) electrons. The first-order valence-electron chi connectivity index (χ1n) is 5.05. The summed E-state index contributed by atoms with van der Waals surface area (Å²) in [7, 11) is -2.05. The van der Waals surface area contributed by atoms with Crippen LogP contribution in [0.25, 0.3) is 0 Å². The van der Waals surface area contributed by atoms with E-state index in [1.54, 1.807) is 0 Å². The molecule has 2 atom stereocenters. The molecule has 0 saturated carbocycles. The van der Waals surface area contributed by atoms with Crippen LogP contribution in [-0.2, 0) is 4.74 Å². The average molecular weight is 214 g/mol. The van der Waals surface area contributed by atoms with Gasteiger partial charge in [0.2, 0.25) is 0 Å². The van der Waals surface area contributed by atoms with Crippen LogP contribution in [0, 0.1) is 0 Å². The quantitative estimate of drug-likeness (QED) is 0.520. The van der Waals surface area contributed by atoms with E-state index >= 15 is 0 Å². The maximum atomic E-state index is 5.67. The van der Waals surface area contributed by atoms with Gasteiger partial charge in [-0.2, -0.15) is 0 Å². The second-order valence-electron chi connectivity index (χ2n) is 6.11. The molecular weight excluding hydrogens is 192 g/mol. The first kappa shape index (κ1) is 11.2. The van der Waals surface area contributed by atoms with Gasteiger partial charge >= 0.3 is 0 Å². The maximum Gasteiger partial charge on any atom is 0.0985 e. The smallest absolute Gasteiger partial charge is 0.0985 e. The summed E-state index contributed by atoms with van der Waals surface area (Å²) in [5.74, 6) is 0. The third kappa shape index (κ3) is 3.79. The molecule has 0 aromatic heterocycles. The van der Waals surface area contributed by atoms with Crippen molar-refractivity contribution in [1.29, 1.82) is 0 Å². The van der Waals surface area contributed by atoms with Crippen LogP contribution in [0.5, 0.6) is 0 Å². The highest BCUT2D eigenvalue weighted by Gasteiger charge is 2.46. The van der Waals surface area contributed by atoms with E-state index in [2.05, 4.69) is 51.1 Å². The van der Waals surface area contributed by atoms with Crippen LogP contribution in [0.15, 0.2) is 11.8 Å². The first-order chi connectivity index (χ1) is 5.70. The lowest BCUT2D eigenvalue weighted by atomic mass is 10.5. The number of ether oxygens (including phenoxy) is 1. The van der Waals surface area contributed by atoms with Crippen molar-refractivity contribution in [3.05, 3.63) is 11.8 Å². The van der Waals surface area contributed by atoms with Crippen molar-refractivity contribution in [2.75, 3.05) is 0 Å². The van der Waals surface area contributed by atoms with Gasteiger partial charge in [0.05, 0.1) is 28.0 Å². The highest BCUT2D eigenvalue weighted by molar-refractivity contribution is 6.81. The van der Waals surface area contributed by atoms with Gasteiger partial charge in [0, 0.05) is 0 Å². The molecule has 1 aliphatic heterocycles. The molecule has 1 saturated heterocycles. The Hall–Kier alpha value is 0.134. The van der Waals surface area contributed by atoms with Crippen LogP contribution in [0.4, 0.5) is 0 Å². The molecule has 76 valence electrons. The zero-order valence-corrected chi connectivity index (χ0v) is 11.7. The molecule has 13 heavy (non-hydrogen) atoms. The molecular formula is C10H22OSi2. The lowest BCUT2D eigenvalue weighted by molar-refractivity contribution is 0.421. The fraction of sp³-hybridized carbons (Fsp3) is 0.800.